The lowest BCUT2D eigenvalue weighted by Gasteiger charge is -2.46. The van der Waals surface area contributed by atoms with Crippen LogP contribution in [0.15, 0.2) is 0 Å². The Balaban J connectivity index is 1.42. The van der Waals surface area contributed by atoms with E-state index in [2.05, 4.69) is 22.2 Å². The number of hydrogen-bond acceptors (Lipinski definition) is 4. The maximum atomic E-state index is 12.2. The maximum Gasteiger partial charge on any atom is 0.223 e. The van der Waals surface area contributed by atoms with Crippen LogP contribution < -0.4 is 5.32 Å². The summed E-state index contributed by atoms with van der Waals surface area (Å²) >= 11 is 0. The number of piperazine rings is 1. The highest BCUT2D eigenvalue weighted by Gasteiger charge is 2.34. The summed E-state index contributed by atoms with van der Waals surface area (Å²) in [6, 6.07) is 0.791. The van der Waals surface area contributed by atoms with Crippen molar-refractivity contribution in [2.75, 3.05) is 59.4 Å². The summed E-state index contributed by atoms with van der Waals surface area (Å²) in [6.45, 7) is 8.25. The minimum Gasteiger partial charge on any atom is -0.340 e. The number of fused-ring (bicyclic) bond motifs is 1. The molecule has 3 rings (SSSR count). The summed E-state index contributed by atoms with van der Waals surface area (Å²) in [7, 11) is 2.28. The molecular weight excluding hydrogens is 264 g/mol. The van der Waals surface area contributed by atoms with Gasteiger partial charge >= 0.3 is 0 Å². The van der Waals surface area contributed by atoms with Crippen molar-refractivity contribution in [3.63, 3.8) is 0 Å². The largest absolute Gasteiger partial charge is 0.340 e. The van der Waals surface area contributed by atoms with Crippen LogP contribution in [0.4, 0.5) is 0 Å². The fourth-order valence-corrected chi connectivity index (χ4v) is 4.26. The zero-order chi connectivity index (χ0) is 14.7. The average Bonchev–Trinajstić information content (AvgIpc) is 2.53. The van der Waals surface area contributed by atoms with Crippen LogP contribution in [0.1, 0.15) is 25.7 Å². The lowest BCUT2D eigenvalue weighted by Crippen LogP contribution is -2.53. The van der Waals surface area contributed by atoms with Crippen molar-refractivity contribution in [1.82, 2.24) is 20.0 Å². The third-order valence-electron chi connectivity index (χ3n) is 5.54. The highest BCUT2D eigenvalue weighted by atomic mass is 16.2. The fourth-order valence-electron chi connectivity index (χ4n) is 4.26. The van der Waals surface area contributed by atoms with Crippen LogP contribution in [0.25, 0.3) is 0 Å². The predicted octanol–water partition coefficient (Wildman–Crippen LogP) is 0.224. The molecule has 3 aliphatic rings. The number of carbonyl (C=O) groups is 1. The van der Waals surface area contributed by atoms with Gasteiger partial charge in [-0.3, -0.25) is 4.79 Å². The topological polar surface area (TPSA) is 38.8 Å². The van der Waals surface area contributed by atoms with E-state index in [4.69, 9.17) is 0 Å². The Bertz CT molecular complexity index is 356. The average molecular weight is 294 g/mol. The van der Waals surface area contributed by atoms with Gasteiger partial charge in [0, 0.05) is 51.7 Å². The van der Waals surface area contributed by atoms with Crippen LogP contribution >= 0.6 is 0 Å². The van der Waals surface area contributed by atoms with Crippen LogP contribution in [-0.2, 0) is 4.79 Å². The van der Waals surface area contributed by atoms with Gasteiger partial charge in [0.05, 0.1) is 0 Å². The van der Waals surface area contributed by atoms with E-state index in [-0.39, 0.29) is 0 Å². The van der Waals surface area contributed by atoms with Gasteiger partial charge in [-0.15, -0.1) is 0 Å². The highest BCUT2D eigenvalue weighted by molar-refractivity contribution is 5.76. The monoisotopic (exact) mass is 294 g/mol. The molecule has 0 aliphatic carbocycles. The molecule has 1 amide bonds. The van der Waals surface area contributed by atoms with Crippen LogP contribution in [0.2, 0.25) is 0 Å². The normalized spacial score (nSPS) is 32.0. The molecule has 3 saturated heterocycles. The minimum absolute atomic E-state index is 0.347. The van der Waals surface area contributed by atoms with Crippen molar-refractivity contribution in [2.45, 2.75) is 31.7 Å². The molecule has 5 nitrogen and oxygen atoms in total. The van der Waals surface area contributed by atoms with E-state index >= 15 is 0 Å². The van der Waals surface area contributed by atoms with E-state index in [0.29, 0.717) is 12.3 Å². The van der Waals surface area contributed by atoms with E-state index in [1.807, 2.05) is 4.90 Å². The first-order valence-electron chi connectivity index (χ1n) is 8.65. The summed E-state index contributed by atoms with van der Waals surface area (Å²) in [6.07, 6.45) is 4.69. The molecule has 3 aliphatic heterocycles. The Morgan fingerprint density at radius 3 is 2.76 bits per heavy atom. The molecule has 0 aromatic heterocycles. The molecule has 3 heterocycles. The molecule has 3 fully saturated rings. The molecule has 2 unspecified atom stereocenters. The third kappa shape index (κ3) is 3.76. The Morgan fingerprint density at radius 1 is 1.14 bits per heavy atom. The lowest BCUT2D eigenvalue weighted by atomic mass is 9.84. The quantitative estimate of drug-likeness (QED) is 0.808. The summed E-state index contributed by atoms with van der Waals surface area (Å²) < 4.78 is 0. The highest BCUT2D eigenvalue weighted by Crippen LogP contribution is 2.29. The second-order valence-corrected chi connectivity index (χ2v) is 6.92. The number of carbonyl (C=O) groups excluding carboxylic acids is 1. The zero-order valence-electron chi connectivity index (χ0n) is 13.4. The first kappa shape index (κ1) is 15.3. The first-order valence-corrected chi connectivity index (χ1v) is 8.65. The molecule has 1 N–H and O–H groups in total. The number of piperidine rings is 2. The summed E-state index contributed by atoms with van der Waals surface area (Å²) in [4.78, 5) is 19.3. The number of nitrogens with zero attached hydrogens (tertiary/aromatic N) is 3. The molecule has 0 aromatic rings. The van der Waals surface area contributed by atoms with Gasteiger partial charge in [0.15, 0.2) is 0 Å². The van der Waals surface area contributed by atoms with Gasteiger partial charge in [-0.1, -0.05) is 0 Å². The molecule has 2 atom stereocenters. The Morgan fingerprint density at radius 2 is 1.95 bits per heavy atom. The van der Waals surface area contributed by atoms with Crippen molar-refractivity contribution in [1.29, 1.82) is 0 Å². The predicted molar refractivity (Wildman–Crippen MR) is 84.3 cm³/mol. The smallest absolute Gasteiger partial charge is 0.223 e. The SMILES string of the molecule is CN1CCCC2CN(CCC(=O)N3CCNCC3)CCC21. The van der Waals surface area contributed by atoms with E-state index in [9.17, 15) is 4.79 Å². The number of amides is 1. The van der Waals surface area contributed by atoms with Gasteiger partial charge in [0.2, 0.25) is 5.91 Å². The lowest BCUT2D eigenvalue weighted by molar-refractivity contribution is -0.132. The molecule has 0 bridgehead atoms. The number of rotatable bonds is 3. The van der Waals surface area contributed by atoms with Gasteiger partial charge in [-0.05, 0) is 45.3 Å². The van der Waals surface area contributed by atoms with Gasteiger partial charge in [0.25, 0.3) is 0 Å². The number of likely N-dealkylation sites (tertiary alicyclic amines) is 2. The van der Waals surface area contributed by atoms with Crippen molar-refractivity contribution < 1.29 is 4.79 Å². The first-order chi connectivity index (χ1) is 10.2. The molecule has 0 saturated carbocycles. The van der Waals surface area contributed by atoms with E-state index in [1.165, 1.54) is 38.9 Å². The van der Waals surface area contributed by atoms with Gasteiger partial charge in [-0.25, -0.2) is 0 Å². The molecule has 21 heavy (non-hydrogen) atoms. The van der Waals surface area contributed by atoms with Gasteiger partial charge in [0.1, 0.15) is 0 Å². The second kappa shape index (κ2) is 7.07. The molecule has 0 aromatic carbocycles. The summed E-state index contributed by atoms with van der Waals surface area (Å²) in [5.74, 6) is 1.17. The Labute approximate surface area is 128 Å². The van der Waals surface area contributed by atoms with E-state index < -0.39 is 0 Å². The van der Waals surface area contributed by atoms with Crippen molar-refractivity contribution in [3.8, 4) is 0 Å². The molecule has 120 valence electrons. The summed E-state index contributed by atoms with van der Waals surface area (Å²) in [5.41, 5.74) is 0. The van der Waals surface area contributed by atoms with Crippen LogP contribution in [0.3, 0.4) is 0 Å². The Hall–Kier alpha value is -0.650. The van der Waals surface area contributed by atoms with Gasteiger partial charge in [-0.2, -0.15) is 0 Å². The van der Waals surface area contributed by atoms with E-state index in [1.54, 1.807) is 0 Å². The zero-order valence-corrected chi connectivity index (χ0v) is 13.4. The Kier molecular flexibility index (Phi) is 5.14. The van der Waals surface area contributed by atoms with Crippen molar-refractivity contribution in [3.05, 3.63) is 0 Å². The molecular formula is C16H30N4O. The van der Waals surface area contributed by atoms with Gasteiger partial charge < -0.3 is 20.0 Å². The minimum atomic E-state index is 0.347. The fraction of sp³-hybridized carbons (Fsp3) is 0.938. The van der Waals surface area contributed by atoms with Crippen molar-refractivity contribution >= 4 is 5.91 Å². The summed E-state index contributed by atoms with van der Waals surface area (Å²) in [5, 5.41) is 3.30. The third-order valence-corrected chi connectivity index (χ3v) is 5.54. The molecule has 5 heteroatoms. The molecule has 0 spiro atoms. The number of hydrogen-bond donors (Lipinski definition) is 1. The second-order valence-electron chi connectivity index (χ2n) is 6.92. The van der Waals surface area contributed by atoms with Crippen LogP contribution in [0, 0.1) is 5.92 Å². The standard InChI is InChI=1S/C16H30N4O/c1-18-8-2-3-14-13-19(9-4-15(14)18)10-5-16(21)20-11-6-17-7-12-20/h14-15,17H,2-13H2,1H3. The van der Waals surface area contributed by atoms with Crippen LogP contribution in [-0.4, -0.2) is 86.1 Å². The maximum absolute atomic E-state index is 12.2. The molecule has 0 radical (unpaired) electrons. The van der Waals surface area contributed by atoms with Crippen molar-refractivity contribution in [2.24, 2.45) is 5.92 Å². The van der Waals surface area contributed by atoms with Crippen LogP contribution in [0.5, 0.6) is 0 Å². The number of nitrogens with one attached hydrogen (secondary N) is 1. The van der Waals surface area contributed by atoms with E-state index in [0.717, 1.165) is 44.7 Å².